The number of nitrogens with zero attached hydrogens (tertiary/aromatic N) is 1. The summed E-state index contributed by atoms with van der Waals surface area (Å²) >= 11 is 5.09. The van der Waals surface area contributed by atoms with Gasteiger partial charge in [0.15, 0.2) is 4.77 Å². The van der Waals surface area contributed by atoms with Gasteiger partial charge in [-0.2, -0.15) is 0 Å². The number of hydrogen-bond donors (Lipinski definition) is 2. The van der Waals surface area contributed by atoms with Crippen LogP contribution in [-0.4, -0.2) is 16.7 Å². The van der Waals surface area contributed by atoms with E-state index >= 15 is 0 Å². The summed E-state index contributed by atoms with van der Waals surface area (Å²) in [6.07, 6.45) is 0.772. The van der Waals surface area contributed by atoms with Crippen molar-refractivity contribution in [2.45, 2.75) is 13.0 Å². The summed E-state index contributed by atoms with van der Waals surface area (Å²) in [4.78, 5) is 13.7. The van der Waals surface area contributed by atoms with Gasteiger partial charge >= 0.3 is 0 Å². The average molecular weight is 277 g/mol. The normalized spacial score (nSPS) is 10.4. The molecular formula is C13H15N3O2S. The zero-order valence-corrected chi connectivity index (χ0v) is 11.4. The number of benzene rings is 1. The second-order valence-electron chi connectivity index (χ2n) is 4.11. The smallest absolute Gasteiger partial charge is 0.253 e. The molecule has 19 heavy (non-hydrogen) atoms. The molecular weight excluding hydrogens is 262 g/mol. The first-order valence-electron chi connectivity index (χ1n) is 5.83. The second kappa shape index (κ2) is 5.71. The van der Waals surface area contributed by atoms with Crippen molar-refractivity contribution in [3.63, 3.8) is 0 Å². The molecule has 0 saturated carbocycles. The Morgan fingerprint density at radius 1 is 1.37 bits per heavy atom. The first-order chi connectivity index (χ1) is 9.10. The minimum atomic E-state index is -0.275. The topological polar surface area (TPSA) is 73.0 Å². The highest BCUT2D eigenvalue weighted by molar-refractivity contribution is 7.71. The van der Waals surface area contributed by atoms with Crippen LogP contribution in [0.2, 0.25) is 0 Å². The van der Waals surface area contributed by atoms with Crippen LogP contribution >= 0.6 is 12.2 Å². The van der Waals surface area contributed by atoms with Crippen molar-refractivity contribution >= 4 is 18.0 Å². The van der Waals surface area contributed by atoms with Crippen LogP contribution in [0.3, 0.4) is 0 Å². The maximum atomic E-state index is 11.2. The highest BCUT2D eigenvalue weighted by Crippen LogP contribution is 2.12. The summed E-state index contributed by atoms with van der Waals surface area (Å²) < 4.78 is 7.16. The summed E-state index contributed by atoms with van der Waals surface area (Å²) in [5, 5.41) is 0. The molecule has 1 aromatic carbocycles. The molecule has 0 bridgehead atoms. The minimum absolute atomic E-state index is 0.275. The van der Waals surface area contributed by atoms with Gasteiger partial charge in [0.2, 0.25) is 0 Å². The number of nitrogens with two attached hydrogens (primary N) is 1. The zero-order chi connectivity index (χ0) is 13.8. The lowest BCUT2D eigenvalue weighted by Crippen LogP contribution is -2.17. The molecule has 0 spiro atoms. The summed E-state index contributed by atoms with van der Waals surface area (Å²) in [6, 6.07) is 9.13. The van der Waals surface area contributed by atoms with E-state index in [1.807, 2.05) is 24.3 Å². The number of nitrogens with one attached hydrogen (secondary N) is 1. The highest BCUT2D eigenvalue weighted by Gasteiger charge is 2.01. The fraction of sp³-hybridized carbons (Fsp3) is 0.231. The van der Waals surface area contributed by atoms with Crippen LogP contribution in [0.5, 0.6) is 5.75 Å². The molecule has 5 nitrogen and oxygen atoms in total. The van der Waals surface area contributed by atoms with Crippen LogP contribution in [0.1, 0.15) is 5.56 Å². The molecule has 0 atom stereocenters. The van der Waals surface area contributed by atoms with E-state index in [1.54, 1.807) is 11.7 Å². The number of aromatic amines is 1. The van der Waals surface area contributed by atoms with E-state index in [-0.39, 0.29) is 5.56 Å². The van der Waals surface area contributed by atoms with Crippen molar-refractivity contribution in [2.24, 2.45) is 0 Å². The lowest BCUT2D eigenvalue weighted by molar-refractivity contribution is 0.414. The highest BCUT2D eigenvalue weighted by atomic mass is 32.1. The average Bonchev–Trinajstić information content (AvgIpc) is 2.38. The molecule has 0 fully saturated rings. The summed E-state index contributed by atoms with van der Waals surface area (Å²) in [7, 11) is 1.63. The molecule has 6 heteroatoms. The van der Waals surface area contributed by atoms with Crippen LogP contribution in [-0.2, 0) is 13.0 Å². The van der Waals surface area contributed by atoms with Crippen LogP contribution in [0, 0.1) is 4.77 Å². The molecule has 0 aliphatic carbocycles. The molecule has 0 aliphatic heterocycles. The lowest BCUT2D eigenvalue weighted by atomic mass is 10.1. The summed E-state index contributed by atoms with van der Waals surface area (Å²) in [6.45, 7) is 0.619. The largest absolute Gasteiger partial charge is 0.497 e. The molecule has 100 valence electrons. The van der Waals surface area contributed by atoms with Crippen LogP contribution in [0.25, 0.3) is 0 Å². The molecule has 0 unspecified atom stereocenters. The molecule has 1 heterocycles. The van der Waals surface area contributed by atoms with Crippen molar-refractivity contribution in [3.8, 4) is 5.75 Å². The molecule has 2 aromatic rings. The Hall–Kier alpha value is -2.08. The van der Waals surface area contributed by atoms with Gasteiger partial charge in [-0.15, -0.1) is 0 Å². The fourth-order valence-corrected chi connectivity index (χ4v) is 2.10. The molecule has 3 N–H and O–H groups in total. The number of anilines is 1. The van der Waals surface area contributed by atoms with Gasteiger partial charge in [0.1, 0.15) is 11.6 Å². The molecule has 0 amide bonds. The minimum Gasteiger partial charge on any atom is -0.497 e. The number of rotatable bonds is 4. The van der Waals surface area contributed by atoms with Crippen molar-refractivity contribution in [3.05, 3.63) is 51.0 Å². The summed E-state index contributed by atoms with van der Waals surface area (Å²) in [5.74, 6) is 1.20. The van der Waals surface area contributed by atoms with Crippen molar-refractivity contribution < 1.29 is 4.74 Å². The quantitative estimate of drug-likeness (QED) is 0.835. The Kier molecular flexibility index (Phi) is 4.01. The number of methoxy groups -OCH3 is 1. The van der Waals surface area contributed by atoms with E-state index < -0.39 is 0 Å². The Balaban J connectivity index is 2.14. The third-order valence-electron chi connectivity index (χ3n) is 2.85. The van der Waals surface area contributed by atoms with E-state index in [0.29, 0.717) is 17.1 Å². The number of H-pyrrole nitrogens is 1. The van der Waals surface area contributed by atoms with Crippen LogP contribution in [0.15, 0.2) is 35.1 Å². The zero-order valence-electron chi connectivity index (χ0n) is 10.6. The first kappa shape index (κ1) is 13.4. The third-order valence-corrected chi connectivity index (χ3v) is 3.17. The molecule has 0 radical (unpaired) electrons. The van der Waals surface area contributed by atoms with E-state index in [9.17, 15) is 4.79 Å². The van der Waals surface area contributed by atoms with E-state index in [2.05, 4.69) is 4.98 Å². The molecule has 0 aliphatic rings. The van der Waals surface area contributed by atoms with Gasteiger partial charge in [-0.05, 0) is 36.3 Å². The van der Waals surface area contributed by atoms with Crippen LogP contribution < -0.4 is 16.0 Å². The number of ether oxygens (including phenoxy) is 1. The van der Waals surface area contributed by atoms with Crippen molar-refractivity contribution in [1.29, 1.82) is 0 Å². The van der Waals surface area contributed by atoms with E-state index in [0.717, 1.165) is 17.7 Å². The number of aryl methyl sites for hydroxylation is 1. The predicted octanol–water partition coefficient (Wildman–Crippen LogP) is 1.74. The van der Waals surface area contributed by atoms with Crippen LogP contribution in [0.4, 0.5) is 5.82 Å². The maximum absolute atomic E-state index is 11.2. The van der Waals surface area contributed by atoms with Crippen molar-refractivity contribution in [2.75, 3.05) is 12.8 Å². The second-order valence-corrected chi connectivity index (χ2v) is 4.50. The predicted molar refractivity (Wildman–Crippen MR) is 77.0 cm³/mol. The van der Waals surface area contributed by atoms with Gasteiger partial charge in [0.25, 0.3) is 5.56 Å². The lowest BCUT2D eigenvalue weighted by Gasteiger charge is -2.10. The van der Waals surface area contributed by atoms with Gasteiger partial charge in [0, 0.05) is 12.6 Å². The molecule has 1 aromatic heterocycles. The molecule has 0 saturated heterocycles. The standard InChI is InChI=1S/C13H15N3O2S/c1-18-10-4-2-9(3-5-10)6-7-16-11(14)8-12(17)15-13(16)19/h2-5,8H,6-7,14H2,1H3,(H,15,17,19). The monoisotopic (exact) mass is 277 g/mol. The third kappa shape index (κ3) is 3.23. The first-order valence-corrected chi connectivity index (χ1v) is 6.23. The van der Waals surface area contributed by atoms with Gasteiger partial charge in [-0.1, -0.05) is 12.1 Å². The van der Waals surface area contributed by atoms with Gasteiger partial charge in [-0.25, -0.2) is 0 Å². The Morgan fingerprint density at radius 2 is 2.05 bits per heavy atom. The van der Waals surface area contributed by atoms with E-state index in [1.165, 1.54) is 6.07 Å². The van der Waals surface area contributed by atoms with Gasteiger partial charge in [-0.3, -0.25) is 9.78 Å². The summed E-state index contributed by atoms with van der Waals surface area (Å²) in [5.41, 5.74) is 6.66. The van der Waals surface area contributed by atoms with Gasteiger partial charge < -0.3 is 15.0 Å². The molecule has 2 rings (SSSR count). The Bertz CT molecular complexity index is 674. The number of aromatic nitrogens is 2. The maximum Gasteiger partial charge on any atom is 0.253 e. The van der Waals surface area contributed by atoms with Gasteiger partial charge in [0.05, 0.1) is 7.11 Å². The fourth-order valence-electron chi connectivity index (χ4n) is 1.80. The van der Waals surface area contributed by atoms with Crippen molar-refractivity contribution in [1.82, 2.24) is 9.55 Å². The number of nitrogen functional groups attached to an aromatic ring is 1. The van der Waals surface area contributed by atoms with E-state index in [4.69, 9.17) is 22.7 Å². The Morgan fingerprint density at radius 3 is 2.63 bits per heavy atom. The number of hydrogen-bond acceptors (Lipinski definition) is 4. The SMILES string of the molecule is COc1ccc(CCn2c(N)cc(=O)[nH]c2=S)cc1. The Labute approximate surface area is 115 Å².